The highest BCUT2D eigenvalue weighted by atomic mass is 79.9. The first-order valence-corrected chi connectivity index (χ1v) is 8.87. The predicted molar refractivity (Wildman–Crippen MR) is 90.8 cm³/mol. The molecule has 0 heterocycles. The van der Waals surface area contributed by atoms with E-state index in [1.54, 1.807) is 6.07 Å². The van der Waals surface area contributed by atoms with E-state index in [0.717, 1.165) is 28.1 Å². The summed E-state index contributed by atoms with van der Waals surface area (Å²) in [7, 11) is 0. The van der Waals surface area contributed by atoms with Crippen LogP contribution in [0.5, 0.6) is 0 Å². The van der Waals surface area contributed by atoms with Gasteiger partial charge in [-0.1, -0.05) is 18.5 Å². The van der Waals surface area contributed by atoms with Gasteiger partial charge in [-0.3, -0.25) is 0 Å². The average Bonchev–Trinajstić information content (AvgIpc) is 2.42. The number of thioether (sulfide) groups is 1. The van der Waals surface area contributed by atoms with Crippen molar-refractivity contribution in [2.24, 2.45) is 0 Å². The van der Waals surface area contributed by atoms with Crippen LogP contribution in [0.3, 0.4) is 0 Å². The van der Waals surface area contributed by atoms with Gasteiger partial charge >= 0.3 is 5.97 Å². The van der Waals surface area contributed by atoms with Crippen molar-refractivity contribution >= 4 is 50.9 Å². The van der Waals surface area contributed by atoms with E-state index in [0.29, 0.717) is 11.6 Å². The largest absolute Gasteiger partial charge is 0.464 e. The summed E-state index contributed by atoms with van der Waals surface area (Å²) >= 11 is 11.1. The molecule has 0 aromatic heterocycles. The SMILES string of the molecule is CCOC(=O)C(CCSCC)Nc1ccc(Cl)c(Br)c1. The van der Waals surface area contributed by atoms with Crippen LogP contribution in [0.2, 0.25) is 5.02 Å². The first kappa shape index (κ1) is 17.7. The highest BCUT2D eigenvalue weighted by Gasteiger charge is 2.19. The van der Waals surface area contributed by atoms with Gasteiger partial charge in [0.2, 0.25) is 0 Å². The lowest BCUT2D eigenvalue weighted by Crippen LogP contribution is -2.32. The maximum Gasteiger partial charge on any atom is 0.328 e. The van der Waals surface area contributed by atoms with Crippen LogP contribution in [-0.2, 0) is 9.53 Å². The van der Waals surface area contributed by atoms with Crippen LogP contribution in [-0.4, -0.2) is 30.1 Å². The molecule has 0 spiro atoms. The van der Waals surface area contributed by atoms with Crippen molar-refractivity contribution in [2.75, 3.05) is 23.4 Å². The Morgan fingerprint density at radius 2 is 2.25 bits per heavy atom. The summed E-state index contributed by atoms with van der Waals surface area (Å²) in [6, 6.07) is 5.17. The van der Waals surface area contributed by atoms with Crippen molar-refractivity contribution < 1.29 is 9.53 Å². The Balaban J connectivity index is 2.71. The Kier molecular flexibility index (Phi) is 8.41. The molecule has 1 N–H and O–H groups in total. The van der Waals surface area contributed by atoms with Crippen LogP contribution in [0.1, 0.15) is 20.3 Å². The van der Waals surface area contributed by atoms with E-state index in [4.69, 9.17) is 16.3 Å². The van der Waals surface area contributed by atoms with Crippen LogP contribution < -0.4 is 5.32 Å². The highest BCUT2D eigenvalue weighted by Crippen LogP contribution is 2.26. The summed E-state index contributed by atoms with van der Waals surface area (Å²) in [6.07, 6.45) is 0.734. The zero-order valence-electron chi connectivity index (χ0n) is 11.6. The molecular formula is C14H19BrClNO2S. The van der Waals surface area contributed by atoms with Crippen LogP contribution in [0.4, 0.5) is 5.69 Å². The molecule has 20 heavy (non-hydrogen) atoms. The van der Waals surface area contributed by atoms with Gasteiger partial charge in [-0.05, 0) is 59.0 Å². The van der Waals surface area contributed by atoms with Gasteiger partial charge in [-0.25, -0.2) is 4.79 Å². The first-order chi connectivity index (χ1) is 9.58. The molecule has 0 saturated heterocycles. The molecule has 0 aliphatic rings. The van der Waals surface area contributed by atoms with Crippen LogP contribution in [0.25, 0.3) is 0 Å². The van der Waals surface area contributed by atoms with Crippen molar-refractivity contribution in [1.29, 1.82) is 0 Å². The Bertz CT molecular complexity index is 445. The summed E-state index contributed by atoms with van der Waals surface area (Å²) < 4.78 is 5.91. The number of anilines is 1. The number of hydrogen-bond donors (Lipinski definition) is 1. The number of halogens is 2. The molecule has 0 radical (unpaired) electrons. The molecule has 112 valence electrons. The number of ether oxygens (including phenoxy) is 1. The molecule has 6 heteroatoms. The molecule has 3 nitrogen and oxygen atoms in total. The molecule has 1 rings (SSSR count). The predicted octanol–water partition coefficient (Wildman–Crippen LogP) is 4.59. The fraction of sp³-hybridized carbons (Fsp3) is 0.500. The van der Waals surface area contributed by atoms with E-state index >= 15 is 0 Å². The number of hydrogen-bond acceptors (Lipinski definition) is 4. The van der Waals surface area contributed by atoms with Gasteiger partial charge in [0, 0.05) is 10.2 Å². The minimum Gasteiger partial charge on any atom is -0.464 e. The third-order valence-electron chi connectivity index (χ3n) is 2.59. The smallest absolute Gasteiger partial charge is 0.328 e. The van der Waals surface area contributed by atoms with Gasteiger partial charge < -0.3 is 10.1 Å². The van der Waals surface area contributed by atoms with E-state index in [2.05, 4.69) is 28.2 Å². The summed E-state index contributed by atoms with van der Waals surface area (Å²) in [5, 5.41) is 3.86. The Labute approximate surface area is 137 Å². The topological polar surface area (TPSA) is 38.3 Å². The molecule has 0 aliphatic heterocycles. The fourth-order valence-electron chi connectivity index (χ4n) is 1.62. The fourth-order valence-corrected chi connectivity index (χ4v) is 2.81. The summed E-state index contributed by atoms with van der Waals surface area (Å²) in [6.45, 7) is 4.31. The Hall–Kier alpha value is -0.390. The summed E-state index contributed by atoms with van der Waals surface area (Å²) in [4.78, 5) is 12.0. The van der Waals surface area contributed by atoms with Gasteiger partial charge in [0.05, 0.1) is 11.6 Å². The maximum atomic E-state index is 12.0. The number of benzene rings is 1. The van der Waals surface area contributed by atoms with Gasteiger partial charge in [-0.15, -0.1) is 0 Å². The lowest BCUT2D eigenvalue weighted by Gasteiger charge is -2.18. The highest BCUT2D eigenvalue weighted by molar-refractivity contribution is 9.10. The third kappa shape index (κ3) is 5.94. The summed E-state index contributed by atoms with van der Waals surface area (Å²) in [5.74, 6) is 1.75. The monoisotopic (exact) mass is 379 g/mol. The van der Waals surface area contributed by atoms with Crippen LogP contribution >= 0.6 is 39.3 Å². The molecule has 0 bridgehead atoms. The molecule has 0 fully saturated rings. The second-order valence-corrected chi connectivity index (χ2v) is 6.72. The minimum atomic E-state index is -0.331. The van der Waals surface area contributed by atoms with E-state index in [1.165, 1.54) is 0 Å². The molecule has 0 saturated carbocycles. The average molecular weight is 381 g/mol. The van der Waals surface area contributed by atoms with Crippen molar-refractivity contribution in [3.8, 4) is 0 Å². The van der Waals surface area contributed by atoms with Gasteiger partial charge in [0.25, 0.3) is 0 Å². The lowest BCUT2D eigenvalue weighted by molar-refractivity contribution is -0.144. The Morgan fingerprint density at radius 3 is 2.85 bits per heavy atom. The number of nitrogens with one attached hydrogen (secondary N) is 1. The standard InChI is InChI=1S/C14H19BrClNO2S/c1-3-19-14(18)13(7-8-20-4-2)17-10-5-6-12(16)11(15)9-10/h5-6,9,13,17H,3-4,7-8H2,1-2H3. The molecular weight excluding hydrogens is 362 g/mol. The van der Waals surface area contributed by atoms with Crippen molar-refractivity contribution in [3.05, 3.63) is 27.7 Å². The van der Waals surface area contributed by atoms with E-state index in [9.17, 15) is 4.79 Å². The molecule has 1 aromatic rings. The van der Waals surface area contributed by atoms with Crippen LogP contribution in [0.15, 0.2) is 22.7 Å². The Morgan fingerprint density at radius 1 is 1.50 bits per heavy atom. The molecule has 0 amide bonds. The second kappa shape index (κ2) is 9.53. The number of rotatable bonds is 8. The minimum absolute atomic E-state index is 0.213. The summed E-state index contributed by atoms with van der Waals surface area (Å²) in [5.41, 5.74) is 0.848. The molecule has 1 atom stereocenters. The maximum absolute atomic E-state index is 12.0. The van der Waals surface area contributed by atoms with Gasteiger partial charge in [0.15, 0.2) is 0 Å². The lowest BCUT2D eigenvalue weighted by atomic mass is 10.2. The number of carbonyl (C=O) groups excluding carboxylic acids is 1. The second-order valence-electron chi connectivity index (χ2n) is 4.06. The van der Waals surface area contributed by atoms with Gasteiger partial charge in [-0.2, -0.15) is 11.8 Å². The molecule has 0 aliphatic carbocycles. The first-order valence-electron chi connectivity index (χ1n) is 6.54. The normalized spacial score (nSPS) is 12.0. The number of esters is 1. The number of carbonyl (C=O) groups is 1. The van der Waals surface area contributed by atoms with Crippen LogP contribution in [0, 0.1) is 0 Å². The van der Waals surface area contributed by atoms with Crippen molar-refractivity contribution in [1.82, 2.24) is 0 Å². The zero-order chi connectivity index (χ0) is 15.0. The van der Waals surface area contributed by atoms with Gasteiger partial charge in [0.1, 0.15) is 6.04 Å². The third-order valence-corrected chi connectivity index (χ3v) is 4.73. The van der Waals surface area contributed by atoms with E-state index in [1.807, 2.05) is 30.8 Å². The van der Waals surface area contributed by atoms with E-state index < -0.39 is 0 Å². The van der Waals surface area contributed by atoms with E-state index in [-0.39, 0.29) is 12.0 Å². The molecule has 1 unspecified atom stereocenters. The van der Waals surface area contributed by atoms with Crippen molar-refractivity contribution in [3.63, 3.8) is 0 Å². The van der Waals surface area contributed by atoms with Crippen molar-refractivity contribution in [2.45, 2.75) is 26.3 Å². The zero-order valence-corrected chi connectivity index (χ0v) is 14.8. The quantitative estimate of drug-likeness (QED) is 0.529. The molecule has 1 aromatic carbocycles.